The molecule has 0 saturated carbocycles. The zero-order valence-electron chi connectivity index (χ0n) is 17.6. The first-order valence-corrected chi connectivity index (χ1v) is 11.4. The zero-order valence-corrected chi connectivity index (χ0v) is 20.0. The normalized spacial score (nSPS) is 11.0. The minimum absolute atomic E-state index is 0.0256. The summed E-state index contributed by atoms with van der Waals surface area (Å²) in [5.41, 5.74) is 0.681. The number of halogens is 2. The molecule has 0 atom stereocenters. The van der Waals surface area contributed by atoms with E-state index in [2.05, 4.69) is 26.2 Å². The number of methoxy groups -OCH3 is 1. The van der Waals surface area contributed by atoms with Gasteiger partial charge in [-0.05, 0) is 46.1 Å². The average Bonchev–Trinajstić information content (AvgIpc) is 3.27. The van der Waals surface area contributed by atoms with E-state index in [1.807, 2.05) is 0 Å². The van der Waals surface area contributed by atoms with Crippen molar-refractivity contribution in [1.29, 1.82) is 0 Å². The molecule has 33 heavy (non-hydrogen) atoms. The molecule has 0 radical (unpaired) electrons. The summed E-state index contributed by atoms with van der Waals surface area (Å²) < 4.78 is 21.1. The summed E-state index contributed by atoms with van der Waals surface area (Å²) in [4.78, 5) is 43.3. The minimum atomic E-state index is -0.573. The van der Waals surface area contributed by atoms with Crippen LogP contribution in [0.5, 0.6) is 5.88 Å². The van der Waals surface area contributed by atoms with Crippen molar-refractivity contribution in [2.24, 2.45) is 0 Å². The van der Waals surface area contributed by atoms with E-state index in [0.29, 0.717) is 26.7 Å². The number of aromatic nitrogens is 3. The van der Waals surface area contributed by atoms with Crippen molar-refractivity contribution >= 4 is 38.0 Å². The lowest BCUT2D eigenvalue weighted by molar-refractivity contribution is 0.0954. The predicted octanol–water partition coefficient (Wildman–Crippen LogP) is 3.11. The van der Waals surface area contributed by atoms with Gasteiger partial charge < -0.3 is 10.1 Å². The second kappa shape index (κ2) is 9.28. The third-order valence-corrected chi connectivity index (χ3v) is 6.82. The molecule has 4 aromatic rings. The number of thiazole rings is 1. The van der Waals surface area contributed by atoms with E-state index in [-0.39, 0.29) is 23.5 Å². The maximum absolute atomic E-state index is 13.5. The first kappa shape index (κ1) is 22.9. The molecule has 3 aromatic heterocycles. The Morgan fingerprint density at radius 2 is 2.00 bits per heavy atom. The van der Waals surface area contributed by atoms with Crippen LogP contribution >= 0.6 is 27.3 Å². The molecule has 4 rings (SSSR count). The Hall–Kier alpha value is -3.31. The van der Waals surface area contributed by atoms with Crippen LogP contribution in [-0.4, -0.2) is 27.0 Å². The van der Waals surface area contributed by atoms with Gasteiger partial charge in [0.1, 0.15) is 15.5 Å². The monoisotopic (exact) mass is 532 g/mol. The SMILES string of the molecule is COc1ccc(CNC(=O)c2cn3c(=O)n(Cc4ccc(F)c(Br)c4)c(=O)c(C)c3s2)cn1. The maximum Gasteiger partial charge on any atom is 0.336 e. The molecule has 1 aromatic carbocycles. The Kier molecular flexibility index (Phi) is 6.43. The predicted molar refractivity (Wildman–Crippen MR) is 126 cm³/mol. The van der Waals surface area contributed by atoms with E-state index >= 15 is 0 Å². The van der Waals surface area contributed by atoms with Gasteiger partial charge in [-0.15, -0.1) is 11.3 Å². The maximum atomic E-state index is 13.5. The number of benzene rings is 1. The molecule has 0 aliphatic carbocycles. The van der Waals surface area contributed by atoms with Gasteiger partial charge in [-0.1, -0.05) is 12.1 Å². The minimum Gasteiger partial charge on any atom is -0.481 e. The van der Waals surface area contributed by atoms with Gasteiger partial charge in [0.15, 0.2) is 0 Å². The fraction of sp³-hybridized carbons (Fsp3) is 0.182. The molecule has 0 bridgehead atoms. The number of amides is 1. The number of aryl methyl sites for hydroxylation is 1. The number of carbonyl (C=O) groups excluding carboxylic acids is 1. The largest absolute Gasteiger partial charge is 0.481 e. The lowest BCUT2D eigenvalue weighted by atomic mass is 10.2. The van der Waals surface area contributed by atoms with Gasteiger partial charge in [0.2, 0.25) is 5.88 Å². The van der Waals surface area contributed by atoms with Crippen molar-refractivity contribution in [2.45, 2.75) is 20.0 Å². The van der Waals surface area contributed by atoms with Gasteiger partial charge in [-0.2, -0.15) is 0 Å². The van der Waals surface area contributed by atoms with Gasteiger partial charge in [-0.25, -0.2) is 14.2 Å². The molecular weight excluding hydrogens is 515 g/mol. The third-order valence-electron chi connectivity index (χ3n) is 5.00. The van der Waals surface area contributed by atoms with Crippen LogP contribution in [0.4, 0.5) is 4.39 Å². The number of hydrogen-bond donors (Lipinski definition) is 1. The van der Waals surface area contributed by atoms with Crippen molar-refractivity contribution in [3.8, 4) is 5.88 Å². The second-order valence-corrected chi connectivity index (χ2v) is 9.09. The number of fused-ring (bicyclic) bond motifs is 1. The van der Waals surface area contributed by atoms with Crippen LogP contribution in [0, 0.1) is 12.7 Å². The summed E-state index contributed by atoms with van der Waals surface area (Å²) in [7, 11) is 1.52. The molecule has 0 aliphatic rings. The van der Waals surface area contributed by atoms with Crippen molar-refractivity contribution in [3.05, 3.63) is 95.4 Å². The molecule has 11 heteroatoms. The van der Waals surface area contributed by atoms with E-state index in [1.54, 1.807) is 25.3 Å². The number of hydrogen-bond acceptors (Lipinski definition) is 6. The van der Waals surface area contributed by atoms with Crippen molar-refractivity contribution in [1.82, 2.24) is 19.3 Å². The Bertz CT molecular complexity index is 1480. The van der Waals surface area contributed by atoms with Crippen LogP contribution in [0.25, 0.3) is 4.83 Å². The number of carbonyl (C=O) groups is 1. The lowest BCUT2D eigenvalue weighted by Crippen LogP contribution is -2.38. The molecule has 3 heterocycles. The molecule has 0 unspecified atom stereocenters. The number of nitrogens with one attached hydrogen (secondary N) is 1. The Labute approximate surface area is 199 Å². The van der Waals surface area contributed by atoms with E-state index in [9.17, 15) is 18.8 Å². The summed E-state index contributed by atoms with van der Waals surface area (Å²) in [6.07, 6.45) is 3.02. The smallest absolute Gasteiger partial charge is 0.336 e. The van der Waals surface area contributed by atoms with Gasteiger partial charge in [0, 0.05) is 30.6 Å². The van der Waals surface area contributed by atoms with Crippen LogP contribution < -0.4 is 21.3 Å². The molecule has 0 saturated heterocycles. The summed E-state index contributed by atoms with van der Waals surface area (Å²) >= 11 is 4.18. The molecule has 0 fully saturated rings. The molecular formula is C22H18BrFN4O4S. The lowest BCUT2D eigenvalue weighted by Gasteiger charge is -2.08. The van der Waals surface area contributed by atoms with Crippen molar-refractivity contribution in [2.75, 3.05) is 7.11 Å². The first-order chi connectivity index (χ1) is 15.8. The number of ether oxygens (including phenoxy) is 1. The van der Waals surface area contributed by atoms with Gasteiger partial charge in [0.05, 0.1) is 18.1 Å². The van der Waals surface area contributed by atoms with E-state index in [0.717, 1.165) is 21.5 Å². The highest BCUT2D eigenvalue weighted by atomic mass is 79.9. The zero-order chi connectivity index (χ0) is 23.7. The fourth-order valence-electron chi connectivity index (χ4n) is 3.24. The highest BCUT2D eigenvalue weighted by Gasteiger charge is 2.18. The van der Waals surface area contributed by atoms with Crippen LogP contribution in [0.3, 0.4) is 0 Å². The summed E-state index contributed by atoms with van der Waals surface area (Å²) in [5.74, 6) is -0.340. The highest BCUT2D eigenvalue weighted by molar-refractivity contribution is 9.10. The summed E-state index contributed by atoms with van der Waals surface area (Å²) in [6.45, 7) is 1.82. The molecule has 0 spiro atoms. The van der Waals surface area contributed by atoms with Crippen molar-refractivity contribution in [3.63, 3.8) is 0 Å². The van der Waals surface area contributed by atoms with E-state index < -0.39 is 17.1 Å². The molecule has 8 nitrogen and oxygen atoms in total. The standard InChI is InChI=1S/C22H18BrFN4O4S/c1-12-20(30)27(10-13-3-5-16(24)15(23)7-13)22(31)28-11-17(33-21(12)28)19(29)26-9-14-4-6-18(32-2)25-8-14/h3-8,11H,9-10H2,1-2H3,(H,26,29). The highest BCUT2D eigenvalue weighted by Crippen LogP contribution is 2.20. The number of pyridine rings is 1. The summed E-state index contributed by atoms with van der Waals surface area (Å²) in [5, 5.41) is 2.78. The quantitative estimate of drug-likeness (QED) is 0.411. The average molecular weight is 533 g/mol. The van der Waals surface area contributed by atoms with E-state index in [1.165, 1.54) is 35.9 Å². The first-order valence-electron chi connectivity index (χ1n) is 9.75. The van der Waals surface area contributed by atoms with Crippen LogP contribution in [0.2, 0.25) is 0 Å². The molecule has 170 valence electrons. The van der Waals surface area contributed by atoms with Crippen molar-refractivity contribution < 1.29 is 13.9 Å². The fourth-order valence-corrected chi connectivity index (χ4v) is 4.66. The van der Waals surface area contributed by atoms with Gasteiger partial charge >= 0.3 is 5.69 Å². The third kappa shape index (κ3) is 4.60. The Morgan fingerprint density at radius 1 is 1.24 bits per heavy atom. The second-order valence-electron chi connectivity index (χ2n) is 7.21. The topological polar surface area (TPSA) is 94.7 Å². The van der Waals surface area contributed by atoms with Crippen LogP contribution in [0.15, 0.2) is 56.8 Å². The Balaban J connectivity index is 1.62. The van der Waals surface area contributed by atoms with E-state index in [4.69, 9.17) is 4.74 Å². The molecule has 0 aliphatic heterocycles. The molecule has 1 N–H and O–H groups in total. The number of nitrogens with zero attached hydrogens (tertiary/aromatic N) is 3. The van der Waals surface area contributed by atoms with Crippen LogP contribution in [-0.2, 0) is 13.1 Å². The Morgan fingerprint density at radius 3 is 2.67 bits per heavy atom. The number of rotatable bonds is 6. The van der Waals surface area contributed by atoms with Gasteiger partial charge in [0.25, 0.3) is 11.5 Å². The van der Waals surface area contributed by atoms with Gasteiger partial charge in [-0.3, -0.25) is 18.6 Å². The molecule has 1 amide bonds. The van der Waals surface area contributed by atoms with Crippen LogP contribution in [0.1, 0.15) is 26.4 Å². The summed E-state index contributed by atoms with van der Waals surface area (Å²) in [6, 6.07) is 7.77.